The molecule has 8 nitrogen and oxygen atoms in total. The van der Waals surface area contributed by atoms with Crippen molar-refractivity contribution in [2.45, 2.75) is 38.6 Å². The van der Waals surface area contributed by atoms with Crippen molar-refractivity contribution in [1.29, 1.82) is 0 Å². The maximum atomic E-state index is 13.5. The molecule has 32 heavy (non-hydrogen) atoms. The van der Waals surface area contributed by atoms with E-state index in [0.717, 1.165) is 16.1 Å². The summed E-state index contributed by atoms with van der Waals surface area (Å²) in [5, 5.41) is 0. The Morgan fingerprint density at radius 1 is 0.969 bits per heavy atom. The Kier molecular flexibility index (Phi) is 7.02. The molecule has 0 unspecified atom stereocenters. The molecule has 172 valence electrons. The number of hydrogen-bond acceptors (Lipinski definition) is 7. The molecule has 0 saturated carbocycles. The molecule has 3 rings (SSSR count). The molecule has 2 atom stereocenters. The van der Waals surface area contributed by atoms with E-state index >= 15 is 0 Å². The van der Waals surface area contributed by atoms with E-state index in [-0.39, 0.29) is 13.2 Å². The van der Waals surface area contributed by atoms with Crippen LogP contribution in [0, 0.1) is 6.92 Å². The van der Waals surface area contributed by atoms with Gasteiger partial charge in [-0.15, -0.1) is 4.31 Å². The number of ether oxygens (including phenoxy) is 3. The molecule has 1 saturated heterocycles. The summed E-state index contributed by atoms with van der Waals surface area (Å²) in [5.41, 5.74) is -0.625. The van der Waals surface area contributed by atoms with E-state index in [1.54, 1.807) is 62.4 Å². The summed E-state index contributed by atoms with van der Waals surface area (Å²) >= 11 is 0. The van der Waals surface area contributed by atoms with E-state index in [0.29, 0.717) is 11.1 Å². The first-order valence-electron chi connectivity index (χ1n) is 10.3. The van der Waals surface area contributed by atoms with Gasteiger partial charge >= 0.3 is 11.9 Å². The van der Waals surface area contributed by atoms with E-state index in [4.69, 9.17) is 14.2 Å². The zero-order valence-electron chi connectivity index (χ0n) is 18.5. The predicted octanol–water partition coefficient (Wildman–Crippen LogP) is 2.89. The average Bonchev–Trinajstić information content (AvgIpc) is 3.13. The Balaban J connectivity index is 2.37. The van der Waals surface area contributed by atoms with Gasteiger partial charge < -0.3 is 14.2 Å². The first-order valence-corrected chi connectivity index (χ1v) is 12.1. The number of carbonyl (C=O) groups excluding carboxylic acids is 2. The predicted molar refractivity (Wildman–Crippen MR) is 117 cm³/mol. The van der Waals surface area contributed by atoms with Crippen LogP contribution in [0.25, 0.3) is 0 Å². The average molecular weight is 462 g/mol. The monoisotopic (exact) mass is 461 g/mol. The van der Waals surface area contributed by atoms with Crippen LogP contribution in [0.5, 0.6) is 0 Å². The molecule has 0 N–H and O–H groups in total. The SMILES string of the molecule is CCOC(=O)C1(C(=O)OCC)[C@H](c2cccc(C)c2)O[C@H](c2ccccc2)N1S(C)(=O)=O. The van der Waals surface area contributed by atoms with E-state index < -0.39 is 39.8 Å². The van der Waals surface area contributed by atoms with Gasteiger partial charge in [0, 0.05) is 0 Å². The third kappa shape index (κ3) is 4.15. The highest BCUT2D eigenvalue weighted by Crippen LogP contribution is 2.52. The van der Waals surface area contributed by atoms with Gasteiger partial charge in [-0.3, -0.25) is 0 Å². The minimum atomic E-state index is -4.18. The number of nitrogens with zero attached hydrogens (tertiary/aromatic N) is 1. The molecule has 2 aromatic carbocycles. The van der Waals surface area contributed by atoms with Crippen LogP contribution in [0.15, 0.2) is 54.6 Å². The van der Waals surface area contributed by atoms with E-state index in [9.17, 15) is 18.0 Å². The van der Waals surface area contributed by atoms with Crippen LogP contribution in [0.3, 0.4) is 0 Å². The number of rotatable bonds is 7. The molecule has 9 heteroatoms. The third-order valence-electron chi connectivity index (χ3n) is 5.17. The molecule has 0 amide bonds. The van der Waals surface area contributed by atoms with Gasteiger partial charge in [0.25, 0.3) is 5.54 Å². The summed E-state index contributed by atoms with van der Waals surface area (Å²) in [7, 11) is -4.18. The minimum Gasteiger partial charge on any atom is -0.464 e. The molecule has 2 aromatic rings. The number of sulfonamides is 1. The second-order valence-corrected chi connectivity index (χ2v) is 9.32. The van der Waals surface area contributed by atoms with Crippen LogP contribution in [-0.2, 0) is 33.8 Å². The van der Waals surface area contributed by atoms with Gasteiger partial charge in [-0.05, 0) is 31.9 Å². The van der Waals surface area contributed by atoms with E-state index in [1.807, 2.05) is 13.0 Å². The number of aryl methyl sites for hydroxylation is 1. The Morgan fingerprint density at radius 3 is 2.03 bits per heavy atom. The summed E-state index contributed by atoms with van der Waals surface area (Å²) in [4.78, 5) is 27.0. The number of hydrogen-bond donors (Lipinski definition) is 0. The van der Waals surface area contributed by atoms with Gasteiger partial charge in [-0.1, -0.05) is 60.2 Å². The van der Waals surface area contributed by atoms with Crippen molar-refractivity contribution in [3.05, 3.63) is 71.3 Å². The Labute approximate surface area is 188 Å². The van der Waals surface area contributed by atoms with Crippen LogP contribution in [0.2, 0.25) is 0 Å². The van der Waals surface area contributed by atoms with E-state index in [1.165, 1.54) is 0 Å². The summed E-state index contributed by atoms with van der Waals surface area (Å²) in [6.45, 7) is 4.88. The molecular formula is C23H27NO7S. The van der Waals surface area contributed by atoms with Crippen molar-refractivity contribution in [3.8, 4) is 0 Å². The summed E-state index contributed by atoms with van der Waals surface area (Å²) < 4.78 is 43.8. The van der Waals surface area contributed by atoms with Crippen molar-refractivity contribution in [3.63, 3.8) is 0 Å². The minimum absolute atomic E-state index is 0.0614. The summed E-state index contributed by atoms with van der Waals surface area (Å²) in [6.07, 6.45) is -1.61. The Bertz CT molecular complexity index is 1070. The maximum absolute atomic E-state index is 13.5. The molecule has 0 radical (unpaired) electrons. The van der Waals surface area contributed by atoms with Gasteiger partial charge in [-0.2, -0.15) is 0 Å². The normalized spacial score (nSPS) is 20.6. The molecule has 1 heterocycles. The largest absolute Gasteiger partial charge is 0.464 e. The van der Waals surface area contributed by atoms with Crippen molar-refractivity contribution in [2.24, 2.45) is 0 Å². The number of carbonyl (C=O) groups is 2. The fraction of sp³-hybridized carbons (Fsp3) is 0.391. The van der Waals surface area contributed by atoms with Gasteiger partial charge in [0.1, 0.15) is 6.10 Å². The first kappa shape index (κ1) is 23.9. The lowest BCUT2D eigenvalue weighted by atomic mass is 9.87. The molecule has 1 aliphatic heterocycles. The summed E-state index contributed by atoms with van der Waals surface area (Å²) in [5.74, 6) is -2.09. The number of benzene rings is 2. The molecule has 0 spiro atoms. The van der Waals surface area contributed by atoms with Gasteiger partial charge in [0.05, 0.1) is 19.5 Å². The van der Waals surface area contributed by atoms with Crippen molar-refractivity contribution in [1.82, 2.24) is 4.31 Å². The fourth-order valence-corrected chi connectivity index (χ4v) is 5.25. The van der Waals surface area contributed by atoms with Crippen LogP contribution < -0.4 is 0 Å². The molecule has 0 aromatic heterocycles. The van der Waals surface area contributed by atoms with Crippen molar-refractivity contribution < 1.29 is 32.2 Å². The van der Waals surface area contributed by atoms with Crippen LogP contribution in [0.4, 0.5) is 0 Å². The molecule has 0 aliphatic carbocycles. The summed E-state index contributed by atoms with van der Waals surface area (Å²) in [6, 6.07) is 15.6. The van der Waals surface area contributed by atoms with Crippen molar-refractivity contribution >= 4 is 22.0 Å². The standard InChI is InChI=1S/C23H27NO7S/c1-5-29-21(25)23(22(26)30-6-2)19(18-14-10-11-16(3)15-18)31-20(24(23)32(4,27)28)17-12-8-7-9-13-17/h7-15,19-20H,5-6H2,1-4H3/t19-,20+/m0/s1. The first-order chi connectivity index (χ1) is 15.2. The number of esters is 2. The lowest BCUT2D eigenvalue weighted by Crippen LogP contribution is -2.62. The van der Waals surface area contributed by atoms with Crippen LogP contribution >= 0.6 is 0 Å². The lowest BCUT2D eigenvalue weighted by Gasteiger charge is -2.35. The lowest BCUT2D eigenvalue weighted by molar-refractivity contribution is -0.172. The Hall–Kier alpha value is -2.75. The second-order valence-electron chi connectivity index (χ2n) is 7.46. The fourth-order valence-electron chi connectivity index (χ4n) is 3.96. The second kappa shape index (κ2) is 9.40. The zero-order valence-corrected chi connectivity index (χ0v) is 19.3. The smallest absolute Gasteiger partial charge is 0.342 e. The highest BCUT2D eigenvalue weighted by atomic mass is 32.2. The van der Waals surface area contributed by atoms with Gasteiger partial charge in [0.15, 0.2) is 6.23 Å². The van der Waals surface area contributed by atoms with E-state index in [2.05, 4.69) is 0 Å². The molecular weight excluding hydrogens is 434 g/mol. The van der Waals surface area contributed by atoms with Crippen LogP contribution in [0.1, 0.15) is 42.9 Å². The van der Waals surface area contributed by atoms with Gasteiger partial charge in [0.2, 0.25) is 10.0 Å². The Morgan fingerprint density at radius 2 is 1.53 bits per heavy atom. The quantitative estimate of drug-likeness (QED) is 0.462. The molecule has 0 bridgehead atoms. The highest BCUT2D eigenvalue weighted by molar-refractivity contribution is 7.88. The zero-order chi connectivity index (χ0) is 23.5. The molecule has 1 fully saturated rings. The highest BCUT2D eigenvalue weighted by Gasteiger charge is 2.70. The van der Waals surface area contributed by atoms with Crippen LogP contribution in [-0.4, -0.2) is 49.7 Å². The molecule has 1 aliphatic rings. The van der Waals surface area contributed by atoms with Gasteiger partial charge in [-0.25, -0.2) is 18.0 Å². The van der Waals surface area contributed by atoms with Crippen molar-refractivity contribution in [2.75, 3.05) is 19.5 Å². The topological polar surface area (TPSA) is 99.2 Å². The third-order valence-corrected chi connectivity index (χ3v) is 6.36. The maximum Gasteiger partial charge on any atom is 0.342 e.